The Balaban J connectivity index is 1.68. The summed E-state index contributed by atoms with van der Waals surface area (Å²) in [6.07, 6.45) is 3.64. The van der Waals surface area contributed by atoms with Crippen molar-refractivity contribution in [3.63, 3.8) is 0 Å². The van der Waals surface area contributed by atoms with E-state index in [0.29, 0.717) is 17.2 Å². The lowest BCUT2D eigenvalue weighted by atomic mass is 10.1. The molecular weight excluding hydrogens is 369 g/mol. The normalized spacial score (nSPS) is 14.4. The van der Waals surface area contributed by atoms with Crippen LogP contribution in [0.3, 0.4) is 0 Å². The molecule has 6 heteroatoms. The summed E-state index contributed by atoms with van der Waals surface area (Å²) < 4.78 is 14.6. The van der Waals surface area contributed by atoms with Crippen molar-refractivity contribution in [3.8, 4) is 5.69 Å². The Morgan fingerprint density at radius 2 is 1.86 bits per heavy atom. The van der Waals surface area contributed by atoms with Crippen LogP contribution in [-0.4, -0.2) is 15.5 Å². The molecule has 0 radical (unpaired) electrons. The van der Waals surface area contributed by atoms with Gasteiger partial charge < -0.3 is 5.32 Å². The number of hydrogen-bond acceptors (Lipinski definition) is 3. The highest BCUT2D eigenvalue weighted by molar-refractivity contribution is 5.95. The SMILES string of the molecule is Cc1cccc(C(NC(=O)c2c(C)ccn(-c3ccc(F)cc3)c2=O)C2CC2)n1. The van der Waals surface area contributed by atoms with E-state index in [1.165, 1.54) is 28.8 Å². The van der Waals surface area contributed by atoms with Crippen molar-refractivity contribution in [3.05, 3.63) is 93.4 Å². The third-order valence-corrected chi connectivity index (χ3v) is 5.24. The van der Waals surface area contributed by atoms with Gasteiger partial charge in [0.2, 0.25) is 0 Å². The maximum atomic E-state index is 13.2. The molecule has 1 aliphatic carbocycles. The van der Waals surface area contributed by atoms with E-state index in [2.05, 4.69) is 10.3 Å². The molecule has 1 aromatic carbocycles. The van der Waals surface area contributed by atoms with Crippen LogP contribution in [0.5, 0.6) is 0 Å². The minimum atomic E-state index is -0.430. The molecule has 1 N–H and O–H groups in total. The second-order valence-electron chi connectivity index (χ2n) is 7.52. The van der Waals surface area contributed by atoms with Gasteiger partial charge in [-0.2, -0.15) is 0 Å². The summed E-state index contributed by atoms with van der Waals surface area (Å²) in [5.74, 6) is -0.467. The Kier molecular flexibility index (Phi) is 5.01. The van der Waals surface area contributed by atoms with E-state index in [0.717, 1.165) is 24.2 Å². The van der Waals surface area contributed by atoms with Gasteiger partial charge in [-0.05, 0) is 80.6 Å². The molecule has 0 saturated heterocycles. The highest BCUT2D eigenvalue weighted by Crippen LogP contribution is 2.40. The average Bonchev–Trinajstić information content (AvgIpc) is 3.52. The number of nitrogens with one attached hydrogen (secondary N) is 1. The van der Waals surface area contributed by atoms with Gasteiger partial charge in [0, 0.05) is 17.6 Å². The van der Waals surface area contributed by atoms with Crippen molar-refractivity contribution >= 4 is 5.91 Å². The molecule has 29 heavy (non-hydrogen) atoms. The first-order chi connectivity index (χ1) is 13.9. The van der Waals surface area contributed by atoms with Gasteiger partial charge in [-0.1, -0.05) is 6.07 Å². The number of amides is 1. The van der Waals surface area contributed by atoms with Crippen molar-refractivity contribution in [1.29, 1.82) is 0 Å². The van der Waals surface area contributed by atoms with E-state index < -0.39 is 11.5 Å². The van der Waals surface area contributed by atoms with Crippen LogP contribution in [0, 0.1) is 25.6 Å². The smallest absolute Gasteiger partial charge is 0.268 e. The van der Waals surface area contributed by atoms with Crippen molar-refractivity contribution in [2.75, 3.05) is 0 Å². The summed E-state index contributed by atoms with van der Waals surface area (Å²) in [6, 6.07) is 12.8. The molecule has 5 nitrogen and oxygen atoms in total. The minimum Gasteiger partial charge on any atom is -0.343 e. The summed E-state index contributed by atoms with van der Waals surface area (Å²) in [6.45, 7) is 3.65. The molecule has 1 saturated carbocycles. The van der Waals surface area contributed by atoms with Crippen LogP contribution in [0.4, 0.5) is 4.39 Å². The summed E-state index contributed by atoms with van der Waals surface area (Å²) in [5.41, 5.74) is 2.46. The van der Waals surface area contributed by atoms with E-state index >= 15 is 0 Å². The molecule has 2 heterocycles. The first-order valence-corrected chi connectivity index (χ1v) is 9.66. The molecule has 0 bridgehead atoms. The molecule has 1 aliphatic rings. The Labute approximate surface area is 168 Å². The summed E-state index contributed by atoms with van der Waals surface area (Å²) in [4.78, 5) is 30.7. The standard InChI is InChI=1S/C23H22FN3O2/c1-14-12-13-27(18-10-8-17(24)9-11-18)23(29)20(14)22(28)26-21(16-6-7-16)19-5-3-4-15(2)25-19/h3-5,8-13,16,21H,6-7H2,1-2H3,(H,26,28). The van der Waals surface area contributed by atoms with Crippen LogP contribution < -0.4 is 10.9 Å². The molecule has 2 aromatic heterocycles. The van der Waals surface area contributed by atoms with Gasteiger partial charge in [0.1, 0.15) is 11.4 Å². The Bertz CT molecular complexity index is 1120. The average molecular weight is 391 g/mol. The van der Waals surface area contributed by atoms with Crippen LogP contribution in [0.1, 0.15) is 46.2 Å². The Morgan fingerprint density at radius 3 is 2.52 bits per heavy atom. The van der Waals surface area contributed by atoms with E-state index in [4.69, 9.17) is 0 Å². The molecule has 148 valence electrons. The quantitative estimate of drug-likeness (QED) is 0.718. The lowest BCUT2D eigenvalue weighted by Gasteiger charge is -2.19. The van der Waals surface area contributed by atoms with Gasteiger partial charge in [-0.15, -0.1) is 0 Å². The predicted molar refractivity (Wildman–Crippen MR) is 109 cm³/mol. The lowest BCUT2D eigenvalue weighted by Crippen LogP contribution is -2.36. The van der Waals surface area contributed by atoms with E-state index in [9.17, 15) is 14.0 Å². The minimum absolute atomic E-state index is 0.0927. The third kappa shape index (κ3) is 3.97. The highest BCUT2D eigenvalue weighted by atomic mass is 19.1. The number of benzene rings is 1. The van der Waals surface area contributed by atoms with Crippen LogP contribution in [-0.2, 0) is 0 Å². The zero-order valence-corrected chi connectivity index (χ0v) is 16.4. The Hall–Kier alpha value is -3.28. The van der Waals surface area contributed by atoms with Crippen molar-refractivity contribution < 1.29 is 9.18 Å². The first kappa shape index (κ1) is 19.1. The second kappa shape index (κ2) is 7.62. The topological polar surface area (TPSA) is 64.0 Å². The van der Waals surface area contributed by atoms with Crippen molar-refractivity contribution in [2.24, 2.45) is 5.92 Å². The largest absolute Gasteiger partial charge is 0.343 e. The molecule has 0 aliphatic heterocycles. The number of pyridine rings is 2. The van der Waals surface area contributed by atoms with Gasteiger partial charge >= 0.3 is 0 Å². The van der Waals surface area contributed by atoms with Gasteiger partial charge in [0.25, 0.3) is 11.5 Å². The number of halogens is 1. The summed E-state index contributed by atoms with van der Waals surface area (Å²) >= 11 is 0. The number of carbonyl (C=O) groups excluding carboxylic acids is 1. The number of aryl methyl sites for hydroxylation is 2. The van der Waals surface area contributed by atoms with Gasteiger partial charge in [-0.25, -0.2) is 4.39 Å². The molecular formula is C23H22FN3O2. The fraction of sp³-hybridized carbons (Fsp3) is 0.261. The van der Waals surface area contributed by atoms with E-state index in [-0.39, 0.29) is 17.4 Å². The molecule has 1 unspecified atom stereocenters. The predicted octanol–water partition coefficient (Wildman–Crippen LogP) is 3.87. The van der Waals surface area contributed by atoms with Crippen LogP contribution in [0.25, 0.3) is 5.69 Å². The third-order valence-electron chi connectivity index (χ3n) is 5.24. The maximum absolute atomic E-state index is 13.2. The van der Waals surface area contributed by atoms with Gasteiger partial charge in [0.05, 0.1) is 11.7 Å². The van der Waals surface area contributed by atoms with Crippen molar-refractivity contribution in [2.45, 2.75) is 32.7 Å². The molecule has 0 spiro atoms. The zero-order valence-electron chi connectivity index (χ0n) is 16.4. The Morgan fingerprint density at radius 1 is 1.14 bits per heavy atom. The number of rotatable bonds is 5. The molecule has 1 atom stereocenters. The van der Waals surface area contributed by atoms with Crippen LogP contribution in [0.15, 0.2) is 59.5 Å². The van der Waals surface area contributed by atoms with E-state index in [1.807, 2.05) is 25.1 Å². The van der Waals surface area contributed by atoms with Crippen LogP contribution in [0.2, 0.25) is 0 Å². The van der Waals surface area contributed by atoms with Crippen LogP contribution >= 0.6 is 0 Å². The molecule has 1 amide bonds. The number of carbonyl (C=O) groups is 1. The van der Waals surface area contributed by atoms with Gasteiger partial charge in [-0.3, -0.25) is 19.1 Å². The summed E-state index contributed by atoms with van der Waals surface area (Å²) in [5, 5.41) is 3.03. The summed E-state index contributed by atoms with van der Waals surface area (Å²) in [7, 11) is 0. The second-order valence-corrected chi connectivity index (χ2v) is 7.52. The zero-order chi connectivity index (χ0) is 20.5. The molecule has 3 aromatic rings. The molecule has 4 rings (SSSR count). The van der Waals surface area contributed by atoms with Crippen molar-refractivity contribution in [1.82, 2.24) is 14.9 Å². The highest BCUT2D eigenvalue weighted by Gasteiger charge is 2.35. The number of aromatic nitrogens is 2. The maximum Gasteiger partial charge on any atom is 0.268 e. The first-order valence-electron chi connectivity index (χ1n) is 9.66. The van der Waals surface area contributed by atoms with Gasteiger partial charge in [0.15, 0.2) is 0 Å². The molecule has 1 fully saturated rings. The monoisotopic (exact) mass is 391 g/mol. The lowest BCUT2D eigenvalue weighted by molar-refractivity contribution is 0.0928. The number of nitrogens with zero attached hydrogens (tertiary/aromatic N) is 2. The fourth-order valence-electron chi connectivity index (χ4n) is 3.52. The van der Waals surface area contributed by atoms with E-state index in [1.54, 1.807) is 19.2 Å². The fourth-order valence-corrected chi connectivity index (χ4v) is 3.52. The number of hydrogen-bond donors (Lipinski definition) is 1.